The topological polar surface area (TPSA) is 29.3 Å². The third-order valence-corrected chi connectivity index (χ3v) is 5.44. The van der Waals surface area contributed by atoms with Gasteiger partial charge in [0.2, 0.25) is 0 Å². The number of nitrogens with two attached hydrogens (primary N) is 1. The van der Waals surface area contributed by atoms with Gasteiger partial charge in [-0.15, -0.1) is 0 Å². The molecule has 0 aromatic heterocycles. The second-order valence-electron chi connectivity index (χ2n) is 6.80. The zero-order chi connectivity index (χ0) is 14.8. The fourth-order valence-electron chi connectivity index (χ4n) is 3.20. The Hall–Kier alpha value is -0.860. The van der Waals surface area contributed by atoms with E-state index in [0.29, 0.717) is 18.0 Å². The molecule has 0 aliphatic carbocycles. The van der Waals surface area contributed by atoms with Gasteiger partial charge in [0.05, 0.1) is 0 Å². The van der Waals surface area contributed by atoms with Gasteiger partial charge in [-0.05, 0) is 61.9 Å². The second kappa shape index (κ2) is 6.28. The van der Waals surface area contributed by atoms with Gasteiger partial charge in [-0.3, -0.25) is 4.90 Å². The van der Waals surface area contributed by atoms with Gasteiger partial charge in [0.15, 0.2) is 0 Å². The fourth-order valence-corrected chi connectivity index (χ4v) is 3.20. The van der Waals surface area contributed by atoms with E-state index >= 15 is 0 Å². The van der Waals surface area contributed by atoms with Crippen molar-refractivity contribution in [2.24, 2.45) is 11.1 Å². The second-order valence-corrected chi connectivity index (χ2v) is 6.80. The van der Waals surface area contributed by atoms with Crippen LogP contribution in [0, 0.1) is 19.3 Å². The lowest BCUT2D eigenvalue weighted by Crippen LogP contribution is -2.42. The molecule has 0 saturated carbocycles. The minimum Gasteiger partial charge on any atom is -0.329 e. The van der Waals surface area contributed by atoms with Crippen LogP contribution in [-0.2, 0) is 0 Å². The summed E-state index contributed by atoms with van der Waals surface area (Å²) in [5, 5.41) is 0. The van der Waals surface area contributed by atoms with Crippen molar-refractivity contribution in [1.29, 1.82) is 0 Å². The molecule has 1 aromatic rings. The van der Waals surface area contributed by atoms with Crippen LogP contribution in [0.2, 0.25) is 0 Å². The molecule has 112 valence electrons. The molecule has 1 aliphatic heterocycles. The Kier molecular flexibility index (Phi) is 4.87. The Labute approximate surface area is 124 Å². The Morgan fingerprint density at radius 2 is 1.85 bits per heavy atom. The number of aryl methyl sites for hydroxylation is 2. The molecule has 2 N–H and O–H groups in total. The molecule has 1 fully saturated rings. The summed E-state index contributed by atoms with van der Waals surface area (Å²) in [7, 11) is 0. The molecule has 1 aromatic carbocycles. The molecule has 1 aliphatic rings. The summed E-state index contributed by atoms with van der Waals surface area (Å²) in [6.07, 6.45) is 3.88. The minimum atomic E-state index is 0.385. The molecule has 1 saturated heterocycles. The van der Waals surface area contributed by atoms with Crippen LogP contribution in [0.1, 0.15) is 55.8 Å². The van der Waals surface area contributed by atoms with E-state index in [1.807, 2.05) is 0 Å². The zero-order valence-corrected chi connectivity index (χ0v) is 13.6. The van der Waals surface area contributed by atoms with Crippen molar-refractivity contribution in [1.82, 2.24) is 4.90 Å². The summed E-state index contributed by atoms with van der Waals surface area (Å²) >= 11 is 0. The first-order valence-electron chi connectivity index (χ1n) is 8.00. The molecular weight excluding hydrogens is 244 g/mol. The number of nitrogens with zero attached hydrogens (tertiary/aromatic N) is 1. The Balaban J connectivity index is 2.11. The SMILES string of the molecule is CCC1(C)CCN(C(CN)c2ccc(C)c(C)c2)CC1. The maximum absolute atomic E-state index is 6.08. The smallest absolute Gasteiger partial charge is 0.0470 e. The van der Waals surface area contributed by atoms with Gasteiger partial charge in [-0.1, -0.05) is 38.5 Å². The molecule has 2 nitrogen and oxygen atoms in total. The van der Waals surface area contributed by atoms with E-state index in [4.69, 9.17) is 5.73 Å². The van der Waals surface area contributed by atoms with Crippen molar-refractivity contribution in [2.45, 2.75) is 53.0 Å². The lowest BCUT2D eigenvalue weighted by atomic mass is 9.77. The minimum absolute atomic E-state index is 0.385. The largest absolute Gasteiger partial charge is 0.329 e. The number of hydrogen-bond donors (Lipinski definition) is 1. The van der Waals surface area contributed by atoms with Gasteiger partial charge in [0.1, 0.15) is 0 Å². The summed E-state index contributed by atoms with van der Waals surface area (Å²) in [6.45, 7) is 12.2. The summed E-state index contributed by atoms with van der Waals surface area (Å²) < 4.78 is 0. The van der Waals surface area contributed by atoms with Crippen LogP contribution in [0.25, 0.3) is 0 Å². The third kappa shape index (κ3) is 3.24. The van der Waals surface area contributed by atoms with E-state index in [2.05, 4.69) is 50.8 Å². The summed E-state index contributed by atoms with van der Waals surface area (Å²) in [5.41, 5.74) is 10.7. The molecule has 1 heterocycles. The standard InChI is InChI=1S/C18H30N2/c1-5-18(4)8-10-20(11-9-18)17(13-19)16-7-6-14(2)15(3)12-16/h6-7,12,17H,5,8-11,13,19H2,1-4H3. The highest BCUT2D eigenvalue weighted by atomic mass is 15.2. The van der Waals surface area contributed by atoms with E-state index < -0.39 is 0 Å². The molecule has 1 unspecified atom stereocenters. The summed E-state index contributed by atoms with van der Waals surface area (Å²) in [5.74, 6) is 0. The lowest BCUT2D eigenvalue weighted by Gasteiger charge is -2.42. The molecular formula is C18H30N2. The molecule has 0 spiro atoms. The van der Waals surface area contributed by atoms with Gasteiger partial charge in [0.25, 0.3) is 0 Å². The van der Waals surface area contributed by atoms with E-state index in [0.717, 1.165) is 0 Å². The third-order valence-electron chi connectivity index (χ3n) is 5.44. The molecule has 0 amide bonds. The number of hydrogen-bond acceptors (Lipinski definition) is 2. The van der Waals surface area contributed by atoms with Gasteiger partial charge in [-0.2, -0.15) is 0 Å². The Morgan fingerprint density at radius 1 is 1.20 bits per heavy atom. The van der Waals surface area contributed by atoms with Gasteiger partial charge in [-0.25, -0.2) is 0 Å². The van der Waals surface area contributed by atoms with E-state index in [1.54, 1.807) is 0 Å². The maximum atomic E-state index is 6.08. The van der Waals surface area contributed by atoms with E-state index in [9.17, 15) is 0 Å². The van der Waals surface area contributed by atoms with Crippen LogP contribution in [0.5, 0.6) is 0 Å². The summed E-state index contributed by atoms with van der Waals surface area (Å²) in [4.78, 5) is 2.58. The number of rotatable bonds is 4. The number of benzene rings is 1. The van der Waals surface area contributed by atoms with Crippen LogP contribution in [0.4, 0.5) is 0 Å². The molecule has 0 radical (unpaired) electrons. The summed E-state index contributed by atoms with van der Waals surface area (Å²) in [6, 6.07) is 7.19. The first kappa shape index (κ1) is 15.5. The van der Waals surface area contributed by atoms with Crippen LogP contribution in [0.15, 0.2) is 18.2 Å². The van der Waals surface area contributed by atoms with Crippen molar-refractivity contribution in [3.05, 3.63) is 34.9 Å². The Morgan fingerprint density at radius 3 is 2.35 bits per heavy atom. The highest BCUT2D eigenvalue weighted by Gasteiger charge is 2.31. The van der Waals surface area contributed by atoms with Crippen molar-refractivity contribution >= 4 is 0 Å². The van der Waals surface area contributed by atoms with Crippen LogP contribution >= 0.6 is 0 Å². The predicted molar refractivity (Wildman–Crippen MR) is 86.9 cm³/mol. The average molecular weight is 274 g/mol. The Bertz CT molecular complexity index is 445. The number of likely N-dealkylation sites (tertiary alicyclic amines) is 1. The van der Waals surface area contributed by atoms with Crippen molar-refractivity contribution < 1.29 is 0 Å². The van der Waals surface area contributed by atoms with Crippen molar-refractivity contribution in [2.75, 3.05) is 19.6 Å². The molecule has 1 atom stereocenters. The first-order chi connectivity index (χ1) is 9.49. The quantitative estimate of drug-likeness (QED) is 0.904. The highest BCUT2D eigenvalue weighted by Crippen LogP contribution is 2.36. The molecule has 0 bridgehead atoms. The lowest BCUT2D eigenvalue weighted by molar-refractivity contribution is 0.0829. The van der Waals surface area contributed by atoms with Crippen molar-refractivity contribution in [3.8, 4) is 0 Å². The van der Waals surface area contributed by atoms with Crippen LogP contribution < -0.4 is 5.73 Å². The van der Waals surface area contributed by atoms with E-state index in [-0.39, 0.29) is 0 Å². The van der Waals surface area contributed by atoms with Crippen LogP contribution in [0.3, 0.4) is 0 Å². The molecule has 20 heavy (non-hydrogen) atoms. The van der Waals surface area contributed by atoms with Crippen LogP contribution in [-0.4, -0.2) is 24.5 Å². The van der Waals surface area contributed by atoms with E-state index in [1.165, 1.54) is 49.0 Å². The monoisotopic (exact) mass is 274 g/mol. The first-order valence-corrected chi connectivity index (χ1v) is 8.00. The average Bonchev–Trinajstić information content (AvgIpc) is 2.46. The number of piperidine rings is 1. The normalized spacial score (nSPS) is 20.9. The zero-order valence-electron chi connectivity index (χ0n) is 13.6. The highest BCUT2D eigenvalue weighted by molar-refractivity contribution is 5.32. The predicted octanol–water partition coefficient (Wildman–Crippen LogP) is 3.82. The van der Waals surface area contributed by atoms with Gasteiger partial charge < -0.3 is 5.73 Å². The maximum Gasteiger partial charge on any atom is 0.0470 e. The van der Waals surface area contributed by atoms with Gasteiger partial charge in [0, 0.05) is 12.6 Å². The van der Waals surface area contributed by atoms with Gasteiger partial charge >= 0.3 is 0 Å². The van der Waals surface area contributed by atoms with Crippen molar-refractivity contribution in [3.63, 3.8) is 0 Å². The molecule has 2 heteroatoms. The molecule has 2 rings (SSSR count). The fraction of sp³-hybridized carbons (Fsp3) is 0.667.